The molecule has 0 aliphatic carbocycles. The molecule has 1 amide bonds. The highest BCUT2D eigenvalue weighted by Gasteiger charge is 2.27. The SMILES string of the molecule is O=C(NCCCOCC(F)(F)F)c1ccc(-n2cncn2)c([N+](=O)[O-])c1. The summed E-state index contributed by atoms with van der Waals surface area (Å²) in [6.45, 7) is -1.46. The van der Waals surface area contributed by atoms with E-state index in [0.29, 0.717) is 0 Å². The van der Waals surface area contributed by atoms with E-state index in [2.05, 4.69) is 20.1 Å². The fourth-order valence-corrected chi connectivity index (χ4v) is 2.00. The summed E-state index contributed by atoms with van der Waals surface area (Å²) in [5.74, 6) is -0.589. The third-order valence-electron chi connectivity index (χ3n) is 3.12. The molecule has 0 spiro atoms. The maximum absolute atomic E-state index is 12.0. The van der Waals surface area contributed by atoms with Crippen LogP contribution in [0.3, 0.4) is 0 Å². The number of amides is 1. The van der Waals surface area contributed by atoms with Crippen molar-refractivity contribution in [3.05, 3.63) is 46.5 Å². The van der Waals surface area contributed by atoms with Gasteiger partial charge in [-0.15, -0.1) is 0 Å². The normalized spacial score (nSPS) is 11.3. The third-order valence-corrected chi connectivity index (χ3v) is 3.12. The lowest BCUT2D eigenvalue weighted by Gasteiger charge is -2.09. The first-order chi connectivity index (χ1) is 12.3. The van der Waals surface area contributed by atoms with Gasteiger partial charge >= 0.3 is 6.18 Å². The van der Waals surface area contributed by atoms with Crippen molar-refractivity contribution in [2.75, 3.05) is 19.8 Å². The third kappa shape index (κ3) is 5.51. The Morgan fingerprint density at radius 1 is 1.38 bits per heavy atom. The Hall–Kier alpha value is -3.02. The number of hydrogen-bond acceptors (Lipinski definition) is 6. The highest BCUT2D eigenvalue weighted by atomic mass is 19.4. The molecule has 0 fully saturated rings. The van der Waals surface area contributed by atoms with Crippen molar-refractivity contribution in [3.8, 4) is 5.69 Å². The van der Waals surface area contributed by atoms with Gasteiger partial charge in [0.05, 0.1) is 4.92 Å². The van der Waals surface area contributed by atoms with Crippen molar-refractivity contribution < 1.29 is 27.6 Å². The summed E-state index contributed by atoms with van der Waals surface area (Å²) in [7, 11) is 0. The van der Waals surface area contributed by atoms with Crippen LogP contribution >= 0.6 is 0 Å². The molecular weight excluding hydrogens is 359 g/mol. The minimum absolute atomic E-state index is 0.0387. The predicted molar refractivity (Wildman–Crippen MR) is 81.8 cm³/mol. The second-order valence-electron chi connectivity index (χ2n) is 5.08. The van der Waals surface area contributed by atoms with Gasteiger partial charge in [0.1, 0.15) is 24.9 Å². The largest absolute Gasteiger partial charge is 0.411 e. The monoisotopic (exact) mass is 373 g/mol. The number of carbonyl (C=O) groups is 1. The molecule has 1 N–H and O–H groups in total. The van der Waals surface area contributed by atoms with Crippen LogP contribution in [0.1, 0.15) is 16.8 Å². The van der Waals surface area contributed by atoms with Crippen molar-refractivity contribution in [1.29, 1.82) is 0 Å². The summed E-state index contributed by atoms with van der Waals surface area (Å²) in [5, 5.41) is 17.5. The molecule has 2 aromatic rings. The van der Waals surface area contributed by atoms with Crippen molar-refractivity contribution in [2.45, 2.75) is 12.6 Å². The number of nitrogens with zero attached hydrogens (tertiary/aromatic N) is 4. The molecule has 9 nitrogen and oxygen atoms in total. The smallest absolute Gasteiger partial charge is 0.372 e. The summed E-state index contributed by atoms with van der Waals surface area (Å²) >= 11 is 0. The van der Waals surface area contributed by atoms with Gasteiger partial charge in [0.15, 0.2) is 0 Å². The molecule has 0 unspecified atom stereocenters. The number of carbonyl (C=O) groups excluding carboxylic acids is 1. The van der Waals surface area contributed by atoms with Crippen molar-refractivity contribution >= 4 is 11.6 Å². The molecule has 1 aromatic heterocycles. The molecule has 0 aliphatic heterocycles. The van der Waals surface area contributed by atoms with Crippen molar-refractivity contribution in [2.24, 2.45) is 0 Å². The standard InChI is InChI=1S/C14H14F3N5O4/c15-14(16,17)7-26-5-1-4-19-13(23)10-2-3-11(12(6-10)22(24)25)21-9-18-8-20-21/h2-3,6,8-9H,1,4-5,7H2,(H,19,23). The molecule has 0 bridgehead atoms. The topological polar surface area (TPSA) is 112 Å². The summed E-state index contributed by atoms with van der Waals surface area (Å²) in [5.41, 5.74) is -0.155. The van der Waals surface area contributed by atoms with Gasteiger partial charge in [0.25, 0.3) is 11.6 Å². The first kappa shape index (κ1) is 19.3. The number of aromatic nitrogens is 3. The Kier molecular flexibility index (Phi) is 6.22. The second kappa shape index (κ2) is 8.38. The molecule has 0 radical (unpaired) electrons. The molecule has 0 saturated heterocycles. The van der Waals surface area contributed by atoms with Gasteiger partial charge in [-0.1, -0.05) is 0 Å². The van der Waals surface area contributed by atoms with Gasteiger partial charge in [-0.3, -0.25) is 14.9 Å². The first-order valence-electron chi connectivity index (χ1n) is 7.34. The molecule has 26 heavy (non-hydrogen) atoms. The van der Waals surface area contributed by atoms with E-state index in [1.165, 1.54) is 29.5 Å². The van der Waals surface area contributed by atoms with E-state index in [-0.39, 0.29) is 36.5 Å². The number of alkyl halides is 3. The Labute approximate surface area is 144 Å². The zero-order chi connectivity index (χ0) is 19.2. The van der Waals surface area contributed by atoms with E-state index in [9.17, 15) is 28.1 Å². The molecule has 1 heterocycles. The van der Waals surface area contributed by atoms with Gasteiger partial charge in [0.2, 0.25) is 0 Å². The second-order valence-corrected chi connectivity index (χ2v) is 5.08. The maximum atomic E-state index is 12.0. The number of benzene rings is 1. The lowest BCUT2D eigenvalue weighted by Crippen LogP contribution is -2.26. The van der Waals surface area contributed by atoms with Crippen LogP contribution in [-0.2, 0) is 4.74 Å². The lowest BCUT2D eigenvalue weighted by molar-refractivity contribution is -0.384. The zero-order valence-corrected chi connectivity index (χ0v) is 13.3. The van der Waals surface area contributed by atoms with E-state index in [4.69, 9.17) is 0 Å². The van der Waals surface area contributed by atoms with Crippen molar-refractivity contribution in [1.82, 2.24) is 20.1 Å². The predicted octanol–water partition coefficient (Wildman–Crippen LogP) is 1.87. The minimum Gasteiger partial charge on any atom is -0.372 e. The van der Waals surface area contributed by atoms with Crippen LogP contribution in [0.5, 0.6) is 0 Å². The summed E-state index contributed by atoms with van der Waals surface area (Å²) in [6, 6.07) is 3.82. The first-order valence-corrected chi connectivity index (χ1v) is 7.34. The highest BCUT2D eigenvalue weighted by molar-refractivity contribution is 5.95. The number of ether oxygens (including phenoxy) is 1. The van der Waals surface area contributed by atoms with E-state index in [0.717, 1.165) is 6.07 Å². The Bertz CT molecular complexity index is 764. The van der Waals surface area contributed by atoms with E-state index in [1.807, 2.05) is 0 Å². The van der Waals surface area contributed by atoms with Crippen LogP contribution in [0.25, 0.3) is 5.69 Å². The lowest BCUT2D eigenvalue weighted by atomic mass is 10.1. The van der Waals surface area contributed by atoms with Gasteiger partial charge < -0.3 is 10.1 Å². The number of nitrogens with one attached hydrogen (secondary N) is 1. The van der Waals surface area contributed by atoms with Crippen LogP contribution in [0.4, 0.5) is 18.9 Å². The number of hydrogen-bond donors (Lipinski definition) is 1. The molecule has 2 rings (SSSR count). The molecule has 1 aromatic carbocycles. The summed E-state index contributed by atoms with van der Waals surface area (Å²) in [6.07, 6.45) is -1.73. The quantitative estimate of drug-likeness (QED) is 0.429. The van der Waals surface area contributed by atoms with Crippen LogP contribution in [-0.4, -0.2) is 51.5 Å². The summed E-state index contributed by atoms with van der Waals surface area (Å²) < 4.78 is 41.3. The Morgan fingerprint density at radius 3 is 2.77 bits per heavy atom. The van der Waals surface area contributed by atoms with Crippen LogP contribution in [0.2, 0.25) is 0 Å². The van der Waals surface area contributed by atoms with Crippen molar-refractivity contribution in [3.63, 3.8) is 0 Å². The molecule has 12 heteroatoms. The van der Waals surface area contributed by atoms with Crippen LogP contribution < -0.4 is 5.32 Å². The number of nitro benzene ring substituents is 1. The molecular formula is C14H14F3N5O4. The highest BCUT2D eigenvalue weighted by Crippen LogP contribution is 2.23. The van der Waals surface area contributed by atoms with Gasteiger partial charge in [-0.05, 0) is 18.6 Å². The van der Waals surface area contributed by atoms with E-state index < -0.39 is 23.6 Å². The average Bonchev–Trinajstić information content (AvgIpc) is 3.10. The van der Waals surface area contributed by atoms with E-state index in [1.54, 1.807) is 0 Å². The Morgan fingerprint density at radius 2 is 2.15 bits per heavy atom. The Balaban J connectivity index is 1.93. The van der Waals surface area contributed by atoms with Gasteiger partial charge in [-0.25, -0.2) is 9.67 Å². The van der Waals surface area contributed by atoms with E-state index >= 15 is 0 Å². The van der Waals surface area contributed by atoms with Gasteiger partial charge in [-0.2, -0.15) is 18.3 Å². The maximum Gasteiger partial charge on any atom is 0.411 e. The van der Waals surface area contributed by atoms with Gasteiger partial charge in [0, 0.05) is 24.8 Å². The minimum atomic E-state index is -4.39. The zero-order valence-electron chi connectivity index (χ0n) is 13.3. The molecule has 140 valence electrons. The molecule has 0 saturated carbocycles. The number of halogens is 3. The number of rotatable bonds is 8. The fourth-order valence-electron chi connectivity index (χ4n) is 2.00. The van der Waals surface area contributed by atoms with Crippen LogP contribution in [0, 0.1) is 10.1 Å². The summed E-state index contributed by atoms with van der Waals surface area (Å²) in [4.78, 5) is 26.3. The average molecular weight is 373 g/mol. The molecule has 0 aliphatic rings. The van der Waals surface area contributed by atoms with Crippen LogP contribution in [0.15, 0.2) is 30.9 Å². The fraction of sp³-hybridized carbons (Fsp3) is 0.357. The number of nitro groups is 1. The molecule has 0 atom stereocenters.